The Morgan fingerprint density at radius 1 is 1.53 bits per heavy atom. The van der Waals surface area contributed by atoms with Crippen LogP contribution in [-0.4, -0.2) is 9.49 Å². The van der Waals surface area contributed by atoms with Crippen LogP contribution in [0.3, 0.4) is 0 Å². The molecule has 0 saturated heterocycles. The zero-order chi connectivity index (χ0) is 11.3. The number of nitrogens with zero attached hydrogens (tertiary/aromatic N) is 2. The highest BCUT2D eigenvalue weighted by molar-refractivity contribution is 9.10. The first-order valence-corrected chi connectivity index (χ1v) is 6.47. The van der Waals surface area contributed by atoms with Gasteiger partial charge in [-0.25, -0.2) is 0 Å². The summed E-state index contributed by atoms with van der Waals surface area (Å²) >= 11 is 7.94. The van der Waals surface area contributed by atoms with Crippen molar-refractivity contribution in [1.82, 2.24) is 0 Å². The maximum atomic E-state index is 9.15. The van der Waals surface area contributed by atoms with Crippen molar-refractivity contribution in [3.8, 4) is 6.19 Å². The Hall–Kier alpha value is -0.770. The van der Waals surface area contributed by atoms with E-state index in [0.29, 0.717) is 5.75 Å². The number of nitriles is 1. The maximum Gasteiger partial charge on any atom is 0.229 e. The molecule has 0 radical (unpaired) electrons. The minimum absolute atomic E-state index is 0.223. The van der Waals surface area contributed by atoms with E-state index in [1.54, 1.807) is 6.19 Å². The predicted octanol–water partition coefficient (Wildman–Crippen LogP) is 3.07. The van der Waals surface area contributed by atoms with Crippen LogP contribution < -0.4 is 0 Å². The van der Waals surface area contributed by atoms with Gasteiger partial charge in [0, 0.05) is 10.2 Å². The van der Waals surface area contributed by atoms with Crippen LogP contribution in [0.15, 0.2) is 33.1 Å². The smallest absolute Gasteiger partial charge is 0.229 e. The van der Waals surface area contributed by atoms with Gasteiger partial charge in [-0.2, -0.15) is 5.26 Å². The van der Waals surface area contributed by atoms with E-state index < -0.39 is 10.7 Å². The van der Waals surface area contributed by atoms with E-state index in [9.17, 15) is 0 Å². The van der Waals surface area contributed by atoms with E-state index in [0.717, 1.165) is 10.0 Å². The molecule has 1 rings (SSSR count). The SMILES string of the molecule is N#CN=S(Cc1ccc(Br)cc1)C(O)=S. The van der Waals surface area contributed by atoms with Crippen molar-refractivity contribution in [2.75, 3.05) is 0 Å². The van der Waals surface area contributed by atoms with Crippen molar-refractivity contribution >= 4 is 43.2 Å². The van der Waals surface area contributed by atoms with Gasteiger partial charge in [-0.15, -0.1) is 4.36 Å². The Bertz CT molecular complexity index is 436. The van der Waals surface area contributed by atoms with Gasteiger partial charge in [0.2, 0.25) is 10.6 Å². The van der Waals surface area contributed by atoms with E-state index in [-0.39, 0.29) is 4.38 Å². The summed E-state index contributed by atoms with van der Waals surface area (Å²) in [5.74, 6) is 0.468. The van der Waals surface area contributed by atoms with E-state index in [1.165, 1.54) is 0 Å². The van der Waals surface area contributed by atoms with Gasteiger partial charge >= 0.3 is 0 Å². The van der Waals surface area contributed by atoms with Crippen molar-refractivity contribution in [1.29, 1.82) is 5.26 Å². The lowest BCUT2D eigenvalue weighted by molar-refractivity contribution is 0.585. The van der Waals surface area contributed by atoms with Gasteiger partial charge in [0.15, 0.2) is 0 Å². The Labute approximate surface area is 104 Å². The number of aliphatic hydroxyl groups is 1. The second-order valence-corrected chi connectivity index (χ2v) is 5.74. The van der Waals surface area contributed by atoms with Crippen molar-refractivity contribution < 1.29 is 5.11 Å². The summed E-state index contributed by atoms with van der Waals surface area (Å²) in [5, 5.41) is 17.6. The summed E-state index contributed by atoms with van der Waals surface area (Å²) in [6.45, 7) is 0. The fourth-order valence-corrected chi connectivity index (χ4v) is 2.35. The average Bonchev–Trinajstić information content (AvgIpc) is 2.20. The fourth-order valence-electron chi connectivity index (χ4n) is 0.921. The fraction of sp³-hybridized carbons (Fsp3) is 0.111. The minimum Gasteiger partial charge on any atom is -0.494 e. The van der Waals surface area contributed by atoms with Gasteiger partial charge in [-0.1, -0.05) is 28.1 Å². The van der Waals surface area contributed by atoms with Crippen LogP contribution >= 0.6 is 28.1 Å². The third-order valence-electron chi connectivity index (χ3n) is 1.57. The normalized spacial score (nSPS) is 12.0. The monoisotopic (exact) mass is 302 g/mol. The van der Waals surface area contributed by atoms with Crippen molar-refractivity contribution in [3.63, 3.8) is 0 Å². The largest absolute Gasteiger partial charge is 0.494 e. The molecule has 3 nitrogen and oxygen atoms in total. The Morgan fingerprint density at radius 3 is 2.60 bits per heavy atom. The third kappa shape index (κ3) is 4.08. The van der Waals surface area contributed by atoms with E-state index in [2.05, 4.69) is 32.5 Å². The first kappa shape index (κ1) is 12.3. The van der Waals surface area contributed by atoms with E-state index in [4.69, 9.17) is 10.4 Å². The number of benzene rings is 1. The molecule has 1 atom stereocenters. The lowest BCUT2D eigenvalue weighted by Crippen LogP contribution is -2.05. The molecule has 0 aliphatic rings. The minimum atomic E-state index is -0.898. The molecule has 0 bridgehead atoms. The number of aliphatic hydroxyl groups excluding tert-OH is 1. The van der Waals surface area contributed by atoms with Gasteiger partial charge in [0.25, 0.3) is 0 Å². The first-order valence-electron chi connectivity index (χ1n) is 3.91. The van der Waals surface area contributed by atoms with Gasteiger partial charge < -0.3 is 5.11 Å². The Balaban J connectivity index is 2.85. The van der Waals surface area contributed by atoms with Gasteiger partial charge in [0.05, 0.1) is 0 Å². The average molecular weight is 303 g/mol. The molecule has 15 heavy (non-hydrogen) atoms. The molecular weight excluding hydrogens is 296 g/mol. The van der Waals surface area contributed by atoms with Gasteiger partial charge in [-0.3, -0.25) is 0 Å². The zero-order valence-electron chi connectivity index (χ0n) is 7.55. The lowest BCUT2D eigenvalue weighted by Gasteiger charge is -2.02. The third-order valence-corrected chi connectivity index (χ3v) is 3.99. The topological polar surface area (TPSA) is 56.4 Å². The highest BCUT2D eigenvalue weighted by Crippen LogP contribution is 2.12. The molecule has 1 aromatic rings. The molecule has 0 heterocycles. The van der Waals surface area contributed by atoms with E-state index >= 15 is 0 Å². The molecule has 1 aromatic carbocycles. The van der Waals surface area contributed by atoms with Crippen molar-refractivity contribution in [2.45, 2.75) is 5.75 Å². The lowest BCUT2D eigenvalue weighted by atomic mass is 10.2. The molecule has 1 N–H and O–H groups in total. The second kappa shape index (κ2) is 5.95. The molecule has 78 valence electrons. The van der Waals surface area contributed by atoms with Gasteiger partial charge in [-0.05, 0) is 40.6 Å². The summed E-state index contributed by atoms with van der Waals surface area (Å²) < 4.78 is 4.33. The summed E-state index contributed by atoms with van der Waals surface area (Å²) in [5.41, 5.74) is 0.983. The molecule has 1 unspecified atom stereocenters. The molecule has 0 fully saturated rings. The quantitative estimate of drug-likeness (QED) is 0.675. The summed E-state index contributed by atoms with van der Waals surface area (Å²) in [7, 11) is -0.898. The number of rotatable bonds is 2. The molecule has 0 aliphatic heterocycles. The summed E-state index contributed by atoms with van der Waals surface area (Å²) in [6.07, 6.45) is 1.66. The van der Waals surface area contributed by atoms with Crippen LogP contribution in [0.1, 0.15) is 5.56 Å². The summed E-state index contributed by atoms with van der Waals surface area (Å²) in [4.78, 5) is 0. The molecule has 6 heteroatoms. The second-order valence-electron chi connectivity index (χ2n) is 2.59. The first-order chi connectivity index (χ1) is 7.13. The Morgan fingerprint density at radius 2 is 2.13 bits per heavy atom. The number of thiocarbonyl (C=S) groups is 1. The molecule has 0 aromatic heterocycles. The van der Waals surface area contributed by atoms with Gasteiger partial charge in [0.1, 0.15) is 0 Å². The molecular formula is C9H7BrN2OS2. The Kier molecular flexibility index (Phi) is 4.88. The number of hydrogen-bond acceptors (Lipinski definition) is 3. The molecule has 0 spiro atoms. The van der Waals surface area contributed by atoms with Crippen molar-refractivity contribution in [2.24, 2.45) is 4.36 Å². The summed E-state index contributed by atoms with van der Waals surface area (Å²) in [6, 6.07) is 7.58. The van der Waals surface area contributed by atoms with Crippen LogP contribution in [0.5, 0.6) is 0 Å². The molecule has 0 aliphatic carbocycles. The number of hydrogen-bond donors (Lipinski definition) is 1. The zero-order valence-corrected chi connectivity index (χ0v) is 10.8. The highest BCUT2D eigenvalue weighted by atomic mass is 79.9. The van der Waals surface area contributed by atoms with Crippen LogP contribution in [-0.2, 0) is 16.4 Å². The van der Waals surface area contributed by atoms with Crippen LogP contribution in [0.4, 0.5) is 0 Å². The maximum absolute atomic E-state index is 9.15. The predicted molar refractivity (Wildman–Crippen MR) is 68.5 cm³/mol. The number of halogens is 1. The van der Waals surface area contributed by atoms with Crippen LogP contribution in [0, 0.1) is 11.5 Å². The van der Waals surface area contributed by atoms with E-state index in [1.807, 2.05) is 24.3 Å². The van der Waals surface area contributed by atoms with Crippen LogP contribution in [0.25, 0.3) is 0 Å². The molecule has 0 amide bonds. The standard InChI is InChI=1S/C9H7BrN2OS2/c10-8-3-1-7(2-4-8)5-15(9(13)14)12-6-11/h1-4H,5H2,(H,13,14). The molecule has 0 saturated carbocycles. The van der Waals surface area contributed by atoms with Crippen LogP contribution in [0.2, 0.25) is 0 Å². The van der Waals surface area contributed by atoms with Crippen molar-refractivity contribution in [3.05, 3.63) is 34.3 Å². The highest BCUT2D eigenvalue weighted by Gasteiger charge is 2.04.